The molecular weight excluding hydrogens is 1160 g/mol. The number of anilines is 1. The number of amides is 9. The fourth-order valence-electron chi connectivity index (χ4n) is 12.1. The van der Waals surface area contributed by atoms with Gasteiger partial charge in [0.1, 0.15) is 18.3 Å². The van der Waals surface area contributed by atoms with Gasteiger partial charge >= 0.3 is 12.0 Å². The second-order valence-electron chi connectivity index (χ2n) is 25.5. The number of nitrogens with zero attached hydrogens (tertiary/aromatic N) is 4. The van der Waals surface area contributed by atoms with E-state index in [1.165, 1.54) is 21.3 Å². The molecule has 1 aromatic carbocycles. The highest BCUT2D eigenvalue weighted by molar-refractivity contribution is 5.98. The number of rotatable bonds is 42. The zero-order valence-corrected chi connectivity index (χ0v) is 57.1. The molecule has 0 radical (unpaired) electrons. The van der Waals surface area contributed by atoms with Gasteiger partial charge in [0, 0.05) is 60.6 Å². The highest BCUT2D eigenvalue weighted by atomic mass is 16.7. The largest absolute Gasteiger partial charge is 0.481 e. The molecule has 0 bridgehead atoms. The van der Waals surface area contributed by atoms with Crippen molar-refractivity contribution in [2.75, 3.05) is 67.9 Å². The third-order valence-electron chi connectivity index (χ3n) is 17.5. The summed E-state index contributed by atoms with van der Waals surface area (Å²) in [4.78, 5) is 133. The van der Waals surface area contributed by atoms with Gasteiger partial charge in [-0.3, -0.25) is 53.4 Å². The monoisotopic (exact) mass is 1280 g/mol. The lowest BCUT2D eigenvalue weighted by Crippen LogP contribution is -2.59. The number of likely N-dealkylation sites (tertiary alicyclic amines) is 1. The topological polar surface area (TPSA) is 342 Å². The van der Waals surface area contributed by atoms with Crippen LogP contribution in [0.25, 0.3) is 0 Å². The number of aliphatic hydroxyl groups is 1. The molecule has 0 saturated carbocycles. The third-order valence-corrected chi connectivity index (χ3v) is 17.5. The molecule has 1 heterocycles. The molecule has 0 spiro atoms. The van der Waals surface area contributed by atoms with Gasteiger partial charge in [-0.05, 0) is 99.9 Å². The van der Waals surface area contributed by atoms with Gasteiger partial charge in [-0.25, -0.2) is 10.3 Å². The number of urea groups is 1. The van der Waals surface area contributed by atoms with Gasteiger partial charge in [0.2, 0.25) is 41.4 Å². The second kappa shape index (κ2) is 40.1. The molecule has 26 heteroatoms. The molecule has 26 nitrogen and oxygen atoms in total. The highest BCUT2D eigenvalue weighted by Crippen LogP contribution is 2.32. The SMILES string of the molecule is CC[C@H](C)[C@@H]([C@@H](CC(=O)N1CCC[C@H]1[C@H](OC)[C@@H](C)C(=O)N(C)[C@@H]([C@@H](C)CC)[C@@H](CC(=O)NOCc1ccc(NC(=O)[C@@H](CCCNC(N)=O)NC(=O)[C@H](NC(O)CCCC(=O)O)C(C)C)cc1)OC)OC)N(C)C(=O)[C@@H](NC(=O)[C@H](C(C)C)N(C)C)C(C)C. The lowest BCUT2D eigenvalue weighted by atomic mass is 9.88. The van der Waals surface area contributed by atoms with Crippen LogP contribution in [0.2, 0.25) is 0 Å². The molecule has 2 rings (SSSR count). The first-order chi connectivity index (χ1) is 42.3. The third kappa shape index (κ3) is 24.9. The van der Waals surface area contributed by atoms with Gasteiger partial charge < -0.3 is 66.1 Å². The molecule has 0 aliphatic carbocycles. The summed E-state index contributed by atoms with van der Waals surface area (Å²) in [5.74, 6) is -5.12. The number of hydrogen-bond acceptors (Lipinski definition) is 16. The first-order valence-corrected chi connectivity index (χ1v) is 32.0. The second-order valence-corrected chi connectivity index (χ2v) is 25.5. The number of likely N-dealkylation sites (N-methyl/N-ethyl adjacent to an activating group) is 3. The Morgan fingerprint density at radius 2 is 1.27 bits per heavy atom. The Balaban J connectivity index is 2.21. The molecule has 10 N–H and O–H groups in total. The first kappa shape index (κ1) is 80.1. The predicted molar refractivity (Wildman–Crippen MR) is 343 cm³/mol. The molecule has 514 valence electrons. The number of aliphatic carboxylic acids is 1. The molecule has 1 aliphatic heterocycles. The number of carbonyl (C=O) groups excluding carboxylic acids is 8. The summed E-state index contributed by atoms with van der Waals surface area (Å²) in [6.45, 7) is 21.5. The first-order valence-electron chi connectivity index (χ1n) is 32.0. The Morgan fingerprint density at radius 3 is 1.77 bits per heavy atom. The molecule has 90 heavy (non-hydrogen) atoms. The van der Waals surface area contributed by atoms with Crippen LogP contribution in [0, 0.1) is 35.5 Å². The van der Waals surface area contributed by atoms with Gasteiger partial charge in [0.15, 0.2) is 0 Å². The Labute approximate surface area is 535 Å². The minimum absolute atomic E-state index is 0.00130. The van der Waals surface area contributed by atoms with Crippen molar-refractivity contribution < 1.29 is 72.4 Å². The Kier molecular flexibility index (Phi) is 35.6. The summed E-state index contributed by atoms with van der Waals surface area (Å²) >= 11 is 0. The van der Waals surface area contributed by atoms with E-state index in [1.54, 1.807) is 73.8 Å². The van der Waals surface area contributed by atoms with Crippen molar-refractivity contribution >= 4 is 59.0 Å². The van der Waals surface area contributed by atoms with Crippen molar-refractivity contribution in [1.82, 2.24) is 46.3 Å². The average Bonchev–Trinajstić information content (AvgIpc) is 1.65. The number of primary amides is 1. The summed E-state index contributed by atoms with van der Waals surface area (Å²) < 4.78 is 18.2. The van der Waals surface area contributed by atoms with Crippen molar-refractivity contribution in [3.63, 3.8) is 0 Å². The number of ether oxygens (including phenoxy) is 3. The number of carboxylic acid groups (broad SMARTS) is 1. The molecule has 1 fully saturated rings. The van der Waals surface area contributed by atoms with E-state index in [1.807, 2.05) is 74.4 Å². The molecular formula is C64H113N11O15. The lowest BCUT2D eigenvalue weighted by Gasteiger charge is -2.42. The van der Waals surface area contributed by atoms with Crippen molar-refractivity contribution in [2.24, 2.45) is 41.2 Å². The molecule has 9 amide bonds. The standard InChI is InChI=1S/C64H113N11O15/c1-19-40(9)56(47(87-16)34-50(77)71-90-36-43-28-30-44(31-29-43)67-59(81)45(24-22-32-66-64(65)86)68-60(82)53(37(3)4)69-49(76)26-21-27-52(79)80)73(14)62(84)42(11)58(89-18)46-25-23-33-75(46)51(78)35-48(88-17)57(41(10)20-2)74(15)63(85)54(38(5)6)70-61(83)55(39(7)8)72(12)13/h28-31,37-42,45-49,53-58,69,76H,19-27,32-36H2,1-18H3,(H,67,81)(H,68,82)(H,70,83)(H,71,77)(H,79,80)(H3,65,66,86)/t40-,41-,42+,45+,46-,47+,48+,49?,53+,54-,55-,56-,57-,58+/m0/s1. The number of nitrogens with two attached hydrogens (primary N) is 1. The van der Waals surface area contributed by atoms with E-state index in [0.717, 1.165) is 0 Å². The van der Waals surface area contributed by atoms with Crippen LogP contribution in [0.4, 0.5) is 10.5 Å². The van der Waals surface area contributed by atoms with E-state index < -0.39 is 102 Å². The van der Waals surface area contributed by atoms with Crippen LogP contribution in [0.3, 0.4) is 0 Å². The van der Waals surface area contributed by atoms with E-state index in [0.29, 0.717) is 43.5 Å². The van der Waals surface area contributed by atoms with Crippen LogP contribution >= 0.6 is 0 Å². The van der Waals surface area contributed by atoms with Gasteiger partial charge in [0.05, 0.1) is 73.9 Å². The summed E-state index contributed by atoms with van der Waals surface area (Å²) in [7, 11) is 11.6. The van der Waals surface area contributed by atoms with E-state index in [2.05, 4.69) is 32.1 Å². The zero-order chi connectivity index (χ0) is 68.3. The minimum Gasteiger partial charge on any atom is -0.481 e. The Bertz CT molecular complexity index is 2410. The number of aliphatic hydroxyl groups excluding tert-OH is 1. The summed E-state index contributed by atoms with van der Waals surface area (Å²) in [5, 5.41) is 33.4. The molecule has 14 atom stereocenters. The number of hydroxylamine groups is 1. The number of benzene rings is 1. The molecule has 1 unspecified atom stereocenters. The molecule has 1 aliphatic rings. The van der Waals surface area contributed by atoms with Crippen molar-refractivity contribution in [3.8, 4) is 0 Å². The van der Waals surface area contributed by atoms with Crippen molar-refractivity contribution in [2.45, 2.75) is 220 Å². The van der Waals surface area contributed by atoms with E-state index in [9.17, 15) is 48.3 Å². The number of hydrogen-bond donors (Lipinski definition) is 9. The number of carbonyl (C=O) groups is 9. The van der Waals surface area contributed by atoms with Gasteiger partial charge in [-0.15, -0.1) is 0 Å². The molecule has 1 saturated heterocycles. The van der Waals surface area contributed by atoms with E-state index in [-0.39, 0.29) is 111 Å². The van der Waals surface area contributed by atoms with Crippen LogP contribution in [0.1, 0.15) is 152 Å². The van der Waals surface area contributed by atoms with Gasteiger partial charge in [0.25, 0.3) is 0 Å². The summed E-state index contributed by atoms with van der Waals surface area (Å²) in [6.07, 6.45) is -0.442. The number of carboxylic acids is 1. The zero-order valence-electron chi connectivity index (χ0n) is 57.1. The van der Waals surface area contributed by atoms with Crippen molar-refractivity contribution in [1.29, 1.82) is 0 Å². The Hall–Kier alpha value is -6.03. The van der Waals surface area contributed by atoms with Crippen LogP contribution in [0.15, 0.2) is 24.3 Å². The number of nitrogens with one attached hydrogen (secondary N) is 6. The smallest absolute Gasteiger partial charge is 0.312 e. The Morgan fingerprint density at radius 1 is 0.700 bits per heavy atom. The number of methoxy groups -OCH3 is 3. The fraction of sp³-hybridized carbons (Fsp3) is 0.766. The van der Waals surface area contributed by atoms with E-state index >= 15 is 0 Å². The van der Waals surface area contributed by atoms with Crippen LogP contribution in [-0.2, 0) is 64.0 Å². The summed E-state index contributed by atoms with van der Waals surface area (Å²) in [6, 6.07) is 1.03. The van der Waals surface area contributed by atoms with Crippen LogP contribution in [0.5, 0.6) is 0 Å². The lowest BCUT2D eigenvalue weighted by molar-refractivity contribution is -0.152. The maximum absolute atomic E-state index is 14.8. The quantitative estimate of drug-likeness (QED) is 0.0251. The van der Waals surface area contributed by atoms with Crippen LogP contribution in [-0.4, -0.2) is 213 Å². The molecule has 0 aromatic heterocycles. The predicted octanol–water partition coefficient (Wildman–Crippen LogP) is 4.22. The highest BCUT2D eigenvalue weighted by Gasteiger charge is 2.45. The van der Waals surface area contributed by atoms with Crippen LogP contribution < -0.4 is 37.8 Å². The normalized spacial score (nSPS) is 17.8. The average molecular weight is 1280 g/mol. The van der Waals surface area contributed by atoms with Crippen molar-refractivity contribution in [3.05, 3.63) is 29.8 Å². The van der Waals surface area contributed by atoms with Gasteiger partial charge in [-0.1, -0.05) is 101 Å². The van der Waals surface area contributed by atoms with E-state index in [4.69, 9.17) is 29.9 Å². The maximum Gasteiger partial charge on any atom is 0.312 e. The fourth-order valence-corrected chi connectivity index (χ4v) is 12.1. The molecule has 1 aromatic rings. The maximum atomic E-state index is 14.8. The summed E-state index contributed by atoms with van der Waals surface area (Å²) in [5.41, 5.74) is 8.72. The van der Waals surface area contributed by atoms with Gasteiger partial charge in [-0.2, -0.15) is 0 Å². The minimum atomic E-state index is -1.17.